The van der Waals surface area contributed by atoms with E-state index in [1.54, 1.807) is 11.8 Å². The van der Waals surface area contributed by atoms with Gasteiger partial charge < -0.3 is 15.4 Å². The summed E-state index contributed by atoms with van der Waals surface area (Å²) in [6, 6.07) is 8.87. The zero-order valence-electron chi connectivity index (χ0n) is 17.6. The van der Waals surface area contributed by atoms with Gasteiger partial charge in [0.25, 0.3) is 0 Å². The van der Waals surface area contributed by atoms with Crippen LogP contribution in [0.2, 0.25) is 0 Å². The number of pyridine rings is 1. The van der Waals surface area contributed by atoms with Crippen LogP contribution in [0.5, 0.6) is 5.75 Å². The number of halogens is 3. The Balaban J connectivity index is 2.14. The minimum absolute atomic E-state index is 0.00990. The molecule has 4 rings (SSSR count). The summed E-state index contributed by atoms with van der Waals surface area (Å²) in [4.78, 5) is 14.2. The number of nitrogens with two attached hydrogens (primary N) is 1. The molecule has 0 aliphatic rings. The lowest BCUT2D eigenvalue weighted by Gasteiger charge is -2.26. The number of hydrogen-bond donors (Lipinski definition) is 1. The van der Waals surface area contributed by atoms with E-state index in [2.05, 4.69) is 15.0 Å². The maximum absolute atomic E-state index is 14.2. The van der Waals surface area contributed by atoms with Crippen molar-refractivity contribution in [2.45, 2.75) is 6.92 Å². The van der Waals surface area contributed by atoms with Gasteiger partial charge in [0.05, 0.1) is 18.2 Å². The van der Waals surface area contributed by atoms with Gasteiger partial charge in [-0.05, 0) is 42.8 Å². The van der Waals surface area contributed by atoms with E-state index in [1.165, 1.54) is 31.6 Å². The number of aromatic nitrogens is 3. The topological polar surface area (TPSA) is 101 Å². The molecule has 0 bridgehead atoms. The van der Waals surface area contributed by atoms with Crippen molar-refractivity contribution in [1.29, 1.82) is 5.26 Å². The van der Waals surface area contributed by atoms with Crippen molar-refractivity contribution in [3.63, 3.8) is 0 Å². The van der Waals surface area contributed by atoms with Crippen LogP contribution in [0.25, 0.3) is 22.0 Å². The molecule has 0 radical (unpaired) electrons. The molecule has 10 heteroatoms. The molecule has 0 spiro atoms. The van der Waals surface area contributed by atoms with E-state index in [0.29, 0.717) is 10.9 Å². The van der Waals surface area contributed by atoms with Crippen molar-refractivity contribution in [3.05, 3.63) is 65.7 Å². The second kappa shape index (κ2) is 8.63. The van der Waals surface area contributed by atoms with Crippen molar-refractivity contribution in [1.82, 2.24) is 15.0 Å². The lowest BCUT2D eigenvalue weighted by Crippen LogP contribution is -2.22. The predicted molar refractivity (Wildman–Crippen MR) is 117 cm³/mol. The first-order valence-electron chi connectivity index (χ1n) is 9.79. The van der Waals surface area contributed by atoms with Crippen molar-refractivity contribution >= 4 is 28.4 Å². The maximum Gasteiger partial charge on any atom is 0.157 e. The minimum atomic E-state index is -0.815. The van der Waals surface area contributed by atoms with Gasteiger partial charge in [-0.2, -0.15) is 5.26 Å². The van der Waals surface area contributed by atoms with E-state index in [-0.39, 0.29) is 46.4 Å². The summed E-state index contributed by atoms with van der Waals surface area (Å²) >= 11 is 0. The standard InChI is InChI=1S/C23H17F3N6O/c1-3-32(22-17(10-27)21(28)29-11-30-22)23-19(12-6-14(25)8-15(26)7-12)20(33-2)16-9-13(24)4-5-18(16)31-23/h4-9,11H,3H2,1-2H3,(H2,28,29,30). The average Bonchev–Trinajstić information content (AvgIpc) is 2.78. The van der Waals surface area contributed by atoms with Gasteiger partial charge in [-0.15, -0.1) is 0 Å². The Hall–Kier alpha value is -4.39. The Morgan fingerprint density at radius 3 is 2.39 bits per heavy atom. The van der Waals surface area contributed by atoms with Crippen molar-refractivity contribution in [3.8, 4) is 22.9 Å². The van der Waals surface area contributed by atoms with Crippen LogP contribution in [0.3, 0.4) is 0 Å². The molecule has 0 aliphatic carbocycles. The Kier molecular flexibility index (Phi) is 5.70. The fraction of sp³-hybridized carbons (Fsp3) is 0.130. The van der Waals surface area contributed by atoms with Crippen molar-refractivity contribution in [2.24, 2.45) is 0 Å². The number of nitriles is 1. The monoisotopic (exact) mass is 450 g/mol. The number of nitrogens with zero attached hydrogens (tertiary/aromatic N) is 5. The molecular weight excluding hydrogens is 433 g/mol. The Morgan fingerprint density at radius 2 is 1.76 bits per heavy atom. The summed E-state index contributed by atoms with van der Waals surface area (Å²) < 4.78 is 48.0. The first kappa shape index (κ1) is 21.8. The summed E-state index contributed by atoms with van der Waals surface area (Å²) in [6.45, 7) is 2.02. The summed E-state index contributed by atoms with van der Waals surface area (Å²) in [5.41, 5.74) is 6.54. The first-order valence-corrected chi connectivity index (χ1v) is 9.79. The molecule has 7 nitrogen and oxygen atoms in total. The third-order valence-electron chi connectivity index (χ3n) is 5.03. The third-order valence-corrected chi connectivity index (χ3v) is 5.03. The van der Waals surface area contributed by atoms with Crippen LogP contribution in [0.1, 0.15) is 12.5 Å². The summed E-state index contributed by atoms with van der Waals surface area (Å²) in [6.07, 6.45) is 1.20. The molecule has 0 saturated heterocycles. The quantitative estimate of drug-likeness (QED) is 0.469. The van der Waals surface area contributed by atoms with Crippen LogP contribution in [-0.4, -0.2) is 28.6 Å². The number of ether oxygens (including phenoxy) is 1. The van der Waals surface area contributed by atoms with Crippen molar-refractivity contribution < 1.29 is 17.9 Å². The zero-order valence-corrected chi connectivity index (χ0v) is 17.6. The van der Waals surface area contributed by atoms with E-state index in [9.17, 15) is 18.4 Å². The number of fused-ring (bicyclic) bond motifs is 1. The number of rotatable bonds is 5. The predicted octanol–water partition coefficient (Wildman–Crippen LogP) is 4.73. The van der Waals surface area contributed by atoms with Gasteiger partial charge in [0.2, 0.25) is 0 Å². The van der Waals surface area contributed by atoms with Gasteiger partial charge in [0.1, 0.15) is 52.8 Å². The average molecular weight is 450 g/mol. The highest BCUT2D eigenvalue weighted by Gasteiger charge is 2.26. The molecular formula is C23H17F3N6O. The van der Waals surface area contributed by atoms with Crippen LogP contribution < -0.4 is 15.4 Å². The van der Waals surface area contributed by atoms with E-state index < -0.39 is 17.5 Å². The molecule has 4 aromatic rings. The van der Waals surface area contributed by atoms with Crippen LogP contribution >= 0.6 is 0 Å². The fourth-order valence-corrected chi connectivity index (χ4v) is 3.66. The van der Waals surface area contributed by atoms with Gasteiger partial charge in [0, 0.05) is 18.0 Å². The number of benzene rings is 2. The molecule has 2 aromatic carbocycles. The highest BCUT2D eigenvalue weighted by atomic mass is 19.1. The summed E-state index contributed by atoms with van der Waals surface area (Å²) in [7, 11) is 1.36. The Bertz CT molecular complexity index is 1400. The second-order valence-corrected chi connectivity index (χ2v) is 6.98. The normalized spacial score (nSPS) is 10.8. The Morgan fingerprint density at radius 1 is 1.03 bits per heavy atom. The van der Waals surface area contributed by atoms with Gasteiger partial charge in [-0.25, -0.2) is 28.1 Å². The smallest absolute Gasteiger partial charge is 0.157 e. The Labute approximate surface area is 186 Å². The maximum atomic E-state index is 14.2. The van der Waals surface area contributed by atoms with Gasteiger partial charge in [0.15, 0.2) is 5.82 Å². The second-order valence-electron chi connectivity index (χ2n) is 6.98. The van der Waals surface area contributed by atoms with Crippen LogP contribution in [-0.2, 0) is 0 Å². The molecule has 2 heterocycles. The third kappa shape index (κ3) is 3.85. The summed E-state index contributed by atoms with van der Waals surface area (Å²) in [5.74, 6) is -1.70. The van der Waals surface area contributed by atoms with Crippen LogP contribution in [0, 0.1) is 28.8 Å². The van der Waals surface area contributed by atoms with Gasteiger partial charge in [-0.1, -0.05) is 0 Å². The summed E-state index contributed by atoms with van der Waals surface area (Å²) in [5, 5.41) is 9.94. The lowest BCUT2D eigenvalue weighted by atomic mass is 10.0. The highest BCUT2D eigenvalue weighted by molar-refractivity contribution is 5.98. The molecule has 0 saturated carbocycles. The number of anilines is 3. The van der Waals surface area contributed by atoms with E-state index >= 15 is 0 Å². The SMILES string of the molecule is CCN(c1ncnc(N)c1C#N)c1nc2ccc(F)cc2c(OC)c1-c1cc(F)cc(F)c1. The molecule has 33 heavy (non-hydrogen) atoms. The molecule has 2 aromatic heterocycles. The lowest BCUT2D eigenvalue weighted by molar-refractivity contribution is 0.421. The fourth-order valence-electron chi connectivity index (χ4n) is 3.66. The van der Waals surface area contributed by atoms with Crippen molar-refractivity contribution in [2.75, 3.05) is 24.3 Å². The van der Waals surface area contributed by atoms with Crippen LogP contribution in [0.15, 0.2) is 42.7 Å². The van der Waals surface area contributed by atoms with Crippen LogP contribution in [0.4, 0.5) is 30.6 Å². The number of hydrogen-bond acceptors (Lipinski definition) is 7. The highest BCUT2D eigenvalue weighted by Crippen LogP contribution is 2.45. The molecule has 0 unspecified atom stereocenters. The molecule has 0 atom stereocenters. The molecule has 0 amide bonds. The minimum Gasteiger partial charge on any atom is -0.495 e. The van der Waals surface area contributed by atoms with Gasteiger partial charge in [-0.3, -0.25) is 0 Å². The number of methoxy groups -OCH3 is 1. The van der Waals surface area contributed by atoms with Gasteiger partial charge >= 0.3 is 0 Å². The molecule has 2 N–H and O–H groups in total. The molecule has 0 fully saturated rings. The number of nitrogen functional groups attached to an aromatic ring is 1. The van der Waals surface area contributed by atoms with E-state index in [1.807, 2.05) is 6.07 Å². The first-order chi connectivity index (χ1) is 15.9. The molecule has 166 valence electrons. The molecule has 0 aliphatic heterocycles. The zero-order chi connectivity index (χ0) is 23.7. The van der Waals surface area contributed by atoms with E-state index in [0.717, 1.165) is 18.2 Å². The van der Waals surface area contributed by atoms with E-state index in [4.69, 9.17) is 10.5 Å². The largest absolute Gasteiger partial charge is 0.495 e.